The van der Waals surface area contributed by atoms with Crippen molar-refractivity contribution in [3.63, 3.8) is 0 Å². The van der Waals surface area contributed by atoms with E-state index in [-0.39, 0.29) is 0 Å². The molecule has 4 rings (SSSR count). The van der Waals surface area contributed by atoms with Gasteiger partial charge in [-0.3, -0.25) is 4.90 Å². The van der Waals surface area contributed by atoms with Gasteiger partial charge in [0.1, 0.15) is 0 Å². The Labute approximate surface area is 156 Å². The molecule has 1 fully saturated rings. The molecule has 1 heterocycles. The molecule has 26 heavy (non-hydrogen) atoms. The maximum absolute atomic E-state index is 3.49. The molecule has 0 aromatic heterocycles. The number of hydrogen-bond donors (Lipinski definition) is 1. The molecule has 3 aromatic carbocycles. The average molecular weight is 345 g/mol. The summed E-state index contributed by atoms with van der Waals surface area (Å²) in [5.41, 5.74) is 4.22. The molecule has 0 saturated carbocycles. The molecule has 0 bridgehead atoms. The lowest BCUT2D eigenvalue weighted by Crippen LogP contribution is -2.45. The molecule has 0 radical (unpaired) electrons. The standard InChI is InChI=1S/C24H28N2/c1-18(2)19-10-12-21(13-11-19)24(26-16-14-25-15-17-26)23-9-5-7-20-6-3-4-8-22(20)23/h3-13,18,24-25H,14-17H2,1-2H3. The average Bonchev–Trinajstić information content (AvgIpc) is 2.70. The first-order valence-electron chi connectivity index (χ1n) is 9.76. The third kappa shape index (κ3) is 3.40. The topological polar surface area (TPSA) is 15.3 Å². The molecule has 2 nitrogen and oxygen atoms in total. The summed E-state index contributed by atoms with van der Waals surface area (Å²) in [6.07, 6.45) is 0. The molecule has 1 saturated heterocycles. The molecule has 1 atom stereocenters. The summed E-state index contributed by atoms with van der Waals surface area (Å²) in [6.45, 7) is 8.80. The molecule has 0 aliphatic carbocycles. The van der Waals surface area contributed by atoms with Gasteiger partial charge < -0.3 is 5.32 Å². The van der Waals surface area contributed by atoms with Crippen molar-refractivity contribution >= 4 is 10.8 Å². The van der Waals surface area contributed by atoms with E-state index in [0.29, 0.717) is 12.0 Å². The lowest BCUT2D eigenvalue weighted by molar-refractivity contribution is 0.199. The zero-order chi connectivity index (χ0) is 17.9. The van der Waals surface area contributed by atoms with Crippen LogP contribution in [-0.2, 0) is 0 Å². The van der Waals surface area contributed by atoms with Gasteiger partial charge in [-0.05, 0) is 33.4 Å². The number of piperazine rings is 1. The van der Waals surface area contributed by atoms with Crippen molar-refractivity contribution in [2.45, 2.75) is 25.8 Å². The Balaban J connectivity index is 1.82. The zero-order valence-corrected chi connectivity index (χ0v) is 15.8. The smallest absolute Gasteiger partial charge is 0.0608 e. The van der Waals surface area contributed by atoms with Crippen molar-refractivity contribution < 1.29 is 0 Å². The van der Waals surface area contributed by atoms with Gasteiger partial charge in [-0.15, -0.1) is 0 Å². The second kappa shape index (κ2) is 7.61. The summed E-state index contributed by atoms with van der Waals surface area (Å²) in [7, 11) is 0. The van der Waals surface area contributed by atoms with Gasteiger partial charge in [0.2, 0.25) is 0 Å². The summed E-state index contributed by atoms with van der Waals surface area (Å²) in [5.74, 6) is 0.569. The monoisotopic (exact) mass is 344 g/mol. The second-order valence-corrected chi connectivity index (χ2v) is 7.58. The summed E-state index contributed by atoms with van der Waals surface area (Å²) in [5, 5.41) is 6.18. The molecule has 2 heteroatoms. The number of nitrogens with one attached hydrogen (secondary N) is 1. The lowest BCUT2D eigenvalue weighted by Gasteiger charge is -2.36. The SMILES string of the molecule is CC(C)c1ccc(C(c2cccc3ccccc23)N2CCNCC2)cc1. The first-order chi connectivity index (χ1) is 12.7. The van der Waals surface area contributed by atoms with Crippen molar-refractivity contribution in [2.24, 2.45) is 0 Å². The Morgan fingerprint density at radius 1 is 0.769 bits per heavy atom. The van der Waals surface area contributed by atoms with Crippen LogP contribution in [0.5, 0.6) is 0 Å². The highest BCUT2D eigenvalue weighted by atomic mass is 15.2. The van der Waals surface area contributed by atoms with E-state index >= 15 is 0 Å². The Hall–Kier alpha value is -2.16. The van der Waals surface area contributed by atoms with Crippen LogP contribution in [0.25, 0.3) is 10.8 Å². The van der Waals surface area contributed by atoms with E-state index in [1.54, 1.807) is 0 Å². The predicted octanol–water partition coefficient (Wildman–Crippen LogP) is 4.96. The normalized spacial score (nSPS) is 16.9. The summed E-state index contributed by atoms with van der Waals surface area (Å²) in [4.78, 5) is 2.63. The fraction of sp³-hybridized carbons (Fsp3) is 0.333. The van der Waals surface area contributed by atoms with E-state index in [9.17, 15) is 0 Å². The number of nitrogens with zero attached hydrogens (tertiary/aromatic N) is 1. The van der Waals surface area contributed by atoms with Gasteiger partial charge in [0.15, 0.2) is 0 Å². The Morgan fingerprint density at radius 3 is 2.15 bits per heavy atom. The van der Waals surface area contributed by atoms with E-state index in [0.717, 1.165) is 26.2 Å². The summed E-state index contributed by atoms with van der Waals surface area (Å²) < 4.78 is 0. The highest BCUT2D eigenvalue weighted by molar-refractivity contribution is 5.86. The first kappa shape index (κ1) is 17.3. The fourth-order valence-corrected chi connectivity index (χ4v) is 4.08. The van der Waals surface area contributed by atoms with Gasteiger partial charge in [0.05, 0.1) is 6.04 Å². The van der Waals surface area contributed by atoms with Crippen molar-refractivity contribution in [3.8, 4) is 0 Å². The lowest BCUT2D eigenvalue weighted by atomic mass is 9.90. The van der Waals surface area contributed by atoms with Gasteiger partial charge >= 0.3 is 0 Å². The van der Waals surface area contributed by atoms with Gasteiger partial charge in [-0.25, -0.2) is 0 Å². The van der Waals surface area contributed by atoms with E-state index in [4.69, 9.17) is 0 Å². The summed E-state index contributed by atoms with van der Waals surface area (Å²) >= 11 is 0. The minimum atomic E-state index is 0.310. The molecule has 3 aromatic rings. The molecule has 1 aliphatic rings. The van der Waals surface area contributed by atoms with Crippen molar-refractivity contribution in [1.82, 2.24) is 10.2 Å². The Morgan fingerprint density at radius 2 is 1.42 bits per heavy atom. The van der Waals surface area contributed by atoms with Crippen molar-refractivity contribution in [1.29, 1.82) is 0 Å². The van der Waals surface area contributed by atoms with Crippen LogP contribution in [0.4, 0.5) is 0 Å². The minimum absolute atomic E-state index is 0.310. The number of benzene rings is 3. The first-order valence-corrected chi connectivity index (χ1v) is 9.76. The maximum atomic E-state index is 3.49. The highest BCUT2D eigenvalue weighted by Crippen LogP contribution is 2.34. The zero-order valence-electron chi connectivity index (χ0n) is 15.8. The van der Waals surface area contributed by atoms with E-state index in [2.05, 4.69) is 90.8 Å². The summed E-state index contributed by atoms with van der Waals surface area (Å²) in [6, 6.07) is 25.1. The number of hydrogen-bond acceptors (Lipinski definition) is 2. The van der Waals surface area contributed by atoms with E-state index in [1.165, 1.54) is 27.5 Å². The van der Waals surface area contributed by atoms with Crippen LogP contribution >= 0.6 is 0 Å². The van der Waals surface area contributed by atoms with E-state index < -0.39 is 0 Å². The predicted molar refractivity (Wildman–Crippen MR) is 111 cm³/mol. The molecule has 1 unspecified atom stereocenters. The molecular weight excluding hydrogens is 316 g/mol. The van der Waals surface area contributed by atoms with Gasteiger partial charge in [-0.1, -0.05) is 80.6 Å². The van der Waals surface area contributed by atoms with Crippen LogP contribution < -0.4 is 5.32 Å². The fourth-order valence-electron chi connectivity index (χ4n) is 4.08. The molecule has 1 N–H and O–H groups in total. The largest absolute Gasteiger partial charge is 0.314 e. The van der Waals surface area contributed by atoms with Crippen molar-refractivity contribution in [2.75, 3.05) is 26.2 Å². The van der Waals surface area contributed by atoms with Crippen LogP contribution in [0.3, 0.4) is 0 Å². The Kier molecular flexibility index (Phi) is 5.05. The van der Waals surface area contributed by atoms with Crippen molar-refractivity contribution in [3.05, 3.63) is 83.4 Å². The molecular formula is C24H28N2. The third-order valence-corrected chi connectivity index (χ3v) is 5.55. The number of rotatable bonds is 4. The quantitative estimate of drug-likeness (QED) is 0.720. The van der Waals surface area contributed by atoms with Crippen LogP contribution in [0.15, 0.2) is 66.7 Å². The maximum Gasteiger partial charge on any atom is 0.0608 e. The van der Waals surface area contributed by atoms with Crippen LogP contribution in [-0.4, -0.2) is 31.1 Å². The third-order valence-electron chi connectivity index (χ3n) is 5.55. The van der Waals surface area contributed by atoms with Crippen LogP contribution in [0.2, 0.25) is 0 Å². The molecule has 0 amide bonds. The van der Waals surface area contributed by atoms with E-state index in [1.807, 2.05) is 0 Å². The van der Waals surface area contributed by atoms with Gasteiger partial charge in [-0.2, -0.15) is 0 Å². The second-order valence-electron chi connectivity index (χ2n) is 7.58. The van der Waals surface area contributed by atoms with Gasteiger partial charge in [0, 0.05) is 26.2 Å². The molecule has 1 aliphatic heterocycles. The minimum Gasteiger partial charge on any atom is -0.314 e. The molecule has 0 spiro atoms. The molecule has 134 valence electrons. The Bertz CT molecular complexity index is 856. The van der Waals surface area contributed by atoms with Gasteiger partial charge in [0.25, 0.3) is 0 Å². The highest BCUT2D eigenvalue weighted by Gasteiger charge is 2.25. The van der Waals surface area contributed by atoms with Crippen LogP contribution in [0.1, 0.15) is 42.5 Å². The number of fused-ring (bicyclic) bond motifs is 1. The van der Waals surface area contributed by atoms with Crippen LogP contribution in [0, 0.1) is 0 Å².